The number of hydrogen-bond acceptors (Lipinski definition) is 2. The van der Waals surface area contributed by atoms with Crippen molar-refractivity contribution in [2.45, 2.75) is 52.0 Å². The monoisotopic (exact) mass is 241 g/mol. The summed E-state index contributed by atoms with van der Waals surface area (Å²) in [4.78, 5) is 13.9. The zero-order chi connectivity index (χ0) is 12.7. The van der Waals surface area contributed by atoms with E-state index in [1.807, 2.05) is 4.90 Å². The van der Waals surface area contributed by atoms with Crippen molar-refractivity contribution in [1.29, 1.82) is 0 Å². The second kappa shape index (κ2) is 7.54. The zero-order valence-corrected chi connectivity index (χ0v) is 11.2. The first-order valence-corrected chi connectivity index (χ1v) is 6.92. The number of carbonyl (C=O) groups excluding carboxylic acids is 1. The molecule has 0 radical (unpaired) electrons. The Labute approximate surface area is 105 Å². The number of nitrogens with zero attached hydrogens (tertiary/aromatic N) is 1. The van der Waals surface area contributed by atoms with Crippen LogP contribution >= 0.6 is 0 Å². The minimum atomic E-state index is 0.0726. The van der Waals surface area contributed by atoms with Crippen molar-refractivity contribution < 1.29 is 4.79 Å². The molecule has 17 heavy (non-hydrogen) atoms. The molecule has 0 aromatic carbocycles. The Bertz CT molecular complexity index is 225. The number of urea groups is 1. The van der Waals surface area contributed by atoms with Gasteiger partial charge in [0.2, 0.25) is 0 Å². The van der Waals surface area contributed by atoms with Crippen molar-refractivity contribution in [1.82, 2.24) is 10.2 Å². The smallest absolute Gasteiger partial charge is 0.317 e. The summed E-state index contributed by atoms with van der Waals surface area (Å²) in [5.41, 5.74) is 5.68. The molecule has 4 heteroatoms. The van der Waals surface area contributed by atoms with E-state index in [2.05, 4.69) is 19.2 Å². The summed E-state index contributed by atoms with van der Waals surface area (Å²) >= 11 is 0. The summed E-state index contributed by atoms with van der Waals surface area (Å²) in [7, 11) is 0. The molecule has 0 aromatic rings. The minimum absolute atomic E-state index is 0.0726. The third kappa shape index (κ3) is 4.94. The van der Waals surface area contributed by atoms with Gasteiger partial charge in [-0.05, 0) is 25.2 Å². The molecule has 2 amide bonds. The van der Waals surface area contributed by atoms with Crippen molar-refractivity contribution in [3.05, 3.63) is 0 Å². The average molecular weight is 241 g/mol. The maximum atomic E-state index is 12.0. The van der Waals surface area contributed by atoms with Crippen LogP contribution in [0.3, 0.4) is 0 Å². The summed E-state index contributed by atoms with van der Waals surface area (Å²) in [6.07, 6.45) is 5.50. The minimum Gasteiger partial charge on any atom is -0.334 e. The lowest BCUT2D eigenvalue weighted by molar-refractivity contribution is 0.170. The highest BCUT2D eigenvalue weighted by Gasteiger charge is 2.21. The first-order chi connectivity index (χ1) is 8.17. The lowest BCUT2D eigenvalue weighted by atomic mass is 9.99. The molecule has 1 aliphatic rings. The molecule has 1 saturated heterocycles. The Morgan fingerprint density at radius 3 is 2.65 bits per heavy atom. The molecular formula is C13H27N3O. The number of amides is 2. The van der Waals surface area contributed by atoms with E-state index in [0.29, 0.717) is 6.54 Å². The van der Waals surface area contributed by atoms with Crippen LogP contribution in [-0.2, 0) is 0 Å². The number of unbranched alkanes of at least 4 members (excludes halogenated alkanes) is 1. The predicted molar refractivity (Wildman–Crippen MR) is 70.9 cm³/mol. The second-order valence-corrected chi connectivity index (χ2v) is 5.19. The van der Waals surface area contributed by atoms with E-state index in [4.69, 9.17) is 5.73 Å². The summed E-state index contributed by atoms with van der Waals surface area (Å²) in [6.45, 7) is 6.72. The van der Waals surface area contributed by atoms with E-state index >= 15 is 0 Å². The van der Waals surface area contributed by atoms with E-state index < -0.39 is 0 Å². The van der Waals surface area contributed by atoms with E-state index in [-0.39, 0.29) is 12.1 Å². The van der Waals surface area contributed by atoms with Gasteiger partial charge in [0, 0.05) is 25.7 Å². The average Bonchev–Trinajstić information content (AvgIpc) is 2.35. The van der Waals surface area contributed by atoms with Crippen LogP contribution in [0.15, 0.2) is 0 Å². The van der Waals surface area contributed by atoms with Crippen LogP contribution in [0.2, 0.25) is 0 Å². The Balaban J connectivity index is 2.31. The van der Waals surface area contributed by atoms with Crippen LogP contribution < -0.4 is 11.1 Å². The third-order valence-electron chi connectivity index (χ3n) is 3.59. The van der Waals surface area contributed by atoms with Crippen LogP contribution in [0.1, 0.15) is 46.0 Å². The lowest BCUT2D eigenvalue weighted by Gasteiger charge is -2.31. The van der Waals surface area contributed by atoms with Gasteiger partial charge in [-0.15, -0.1) is 0 Å². The van der Waals surface area contributed by atoms with Crippen molar-refractivity contribution in [2.75, 3.05) is 19.6 Å². The van der Waals surface area contributed by atoms with E-state index in [1.54, 1.807) is 0 Å². The number of carbonyl (C=O) groups is 1. The molecule has 4 nitrogen and oxygen atoms in total. The van der Waals surface area contributed by atoms with Gasteiger partial charge in [0.15, 0.2) is 0 Å². The normalized spacial score (nSPS) is 19.1. The zero-order valence-electron chi connectivity index (χ0n) is 11.2. The molecule has 0 saturated carbocycles. The highest BCUT2D eigenvalue weighted by Crippen LogP contribution is 2.16. The van der Waals surface area contributed by atoms with Gasteiger partial charge in [-0.25, -0.2) is 4.79 Å². The molecule has 1 fully saturated rings. The fourth-order valence-corrected chi connectivity index (χ4v) is 2.18. The molecule has 1 atom stereocenters. The number of hydrogen-bond donors (Lipinski definition) is 2. The quantitative estimate of drug-likeness (QED) is 0.773. The second-order valence-electron chi connectivity index (χ2n) is 5.19. The number of nitrogens with two attached hydrogens (primary N) is 1. The van der Waals surface area contributed by atoms with Crippen molar-refractivity contribution in [3.8, 4) is 0 Å². The third-order valence-corrected chi connectivity index (χ3v) is 3.59. The molecule has 0 spiro atoms. The van der Waals surface area contributed by atoms with Gasteiger partial charge in [0.1, 0.15) is 0 Å². The Morgan fingerprint density at radius 1 is 1.47 bits per heavy atom. The molecule has 0 aromatic heterocycles. The van der Waals surface area contributed by atoms with E-state index in [9.17, 15) is 4.79 Å². The van der Waals surface area contributed by atoms with Crippen molar-refractivity contribution >= 4 is 6.03 Å². The standard InChI is InChI=1S/C13H27N3O/c1-3-4-5-12(10-14)15-13(17)16-8-6-11(2)7-9-16/h11-12H,3-10,14H2,1-2H3,(H,15,17). The molecular weight excluding hydrogens is 214 g/mol. The topological polar surface area (TPSA) is 58.4 Å². The number of piperidine rings is 1. The van der Waals surface area contributed by atoms with Gasteiger partial charge >= 0.3 is 6.03 Å². The van der Waals surface area contributed by atoms with Crippen LogP contribution in [0.5, 0.6) is 0 Å². The summed E-state index contributed by atoms with van der Waals surface area (Å²) in [5.74, 6) is 0.754. The van der Waals surface area contributed by atoms with E-state index in [1.165, 1.54) is 0 Å². The highest BCUT2D eigenvalue weighted by molar-refractivity contribution is 5.74. The van der Waals surface area contributed by atoms with Crippen LogP contribution in [-0.4, -0.2) is 36.6 Å². The fraction of sp³-hybridized carbons (Fsp3) is 0.923. The predicted octanol–water partition coefficient (Wildman–Crippen LogP) is 1.95. The molecule has 1 heterocycles. The summed E-state index contributed by atoms with van der Waals surface area (Å²) in [5, 5.41) is 3.05. The Morgan fingerprint density at radius 2 is 2.12 bits per heavy atom. The van der Waals surface area contributed by atoms with Crippen molar-refractivity contribution in [3.63, 3.8) is 0 Å². The Hall–Kier alpha value is -0.770. The van der Waals surface area contributed by atoms with Gasteiger partial charge in [-0.1, -0.05) is 26.7 Å². The largest absolute Gasteiger partial charge is 0.334 e. The molecule has 0 aliphatic carbocycles. The first kappa shape index (κ1) is 14.3. The highest BCUT2D eigenvalue weighted by atomic mass is 16.2. The maximum absolute atomic E-state index is 12.0. The van der Waals surface area contributed by atoms with Gasteiger partial charge in [-0.3, -0.25) is 0 Å². The SMILES string of the molecule is CCCCC(CN)NC(=O)N1CCC(C)CC1. The maximum Gasteiger partial charge on any atom is 0.317 e. The molecule has 0 bridgehead atoms. The molecule has 1 rings (SSSR count). The molecule has 1 aliphatic heterocycles. The number of rotatable bonds is 5. The van der Waals surface area contributed by atoms with Crippen LogP contribution in [0.25, 0.3) is 0 Å². The van der Waals surface area contributed by atoms with Gasteiger partial charge in [0.05, 0.1) is 0 Å². The molecule has 100 valence electrons. The number of nitrogens with one attached hydrogen (secondary N) is 1. The van der Waals surface area contributed by atoms with Crippen molar-refractivity contribution in [2.24, 2.45) is 11.7 Å². The number of likely N-dealkylation sites (tertiary alicyclic amines) is 1. The van der Waals surface area contributed by atoms with Crippen LogP contribution in [0.4, 0.5) is 4.79 Å². The van der Waals surface area contributed by atoms with Gasteiger partial charge in [0.25, 0.3) is 0 Å². The molecule has 3 N–H and O–H groups in total. The van der Waals surface area contributed by atoms with Gasteiger partial charge in [-0.2, -0.15) is 0 Å². The van der Waals surface area contributed by atoms with E-state index in [0.717, 1.165) is 51.1 Å². The van der Waals surface area contributed by atoms with Crippen LogP contribution in [0, 0.1) is 5.92 Å². The summed E-state index contributed by atoms with van der Waals surface area (Å²) in [6, 6.07) is 0.213. The lowest BCUT2D eigenvalue weighted by Crippen LogP contribution is -2.49. The van der Waals surface area contributed by atoms with Gasteiger partial charge < -0.3 is 16.0 Å². The first-order valence-electron chi connectivity index (χ1n) is 6.92. The fourth-order valence-electron chi connectivity index (χ4n) is 2.18. The summed E-state index contributed by atoms with van der Waals surface area (Å²) < 4.78 is 0. The molecule has 1 unspecified atom stereocenters. The Kier molecular flexibility index (Phi) is 6.34.